The van der Waals surface area contributed by atoms with E-state index in [9.17, 15) is 0 Å². The Kier molecular flexibility index (Phi) is 2.26. The van der Waals surface area contributed by atoms with Crippen LogP contribution in [0.15, 0.2) is 30.5 Å². The van der Waals surface area contributed by atoms with Crippen LogP contribution in [0.5, 0.6) is 0 Å². The van der Waals surface area contributed by atoms with Gasteiger partial charge in [-0.15, -0.1) is 0 Å². The first-order valence-electron chi connectivity index (χ1n) is 4.71. The molecule has 0 saturated carbocycles. The van der Waals surface area contributed by atoms with Crippen LogP contribution in [0.1, 0.15) is 11.3 Å². The Labute approximate surface area is 88.6 Å². The fourth-order valence-electron chi connectivity index (χ4n) is 1.48. The molecule has 0 N–H and O–H groups in total. The van der Waals surface area contributed by atoms with Crippen LogP contribution >= 0.6 is 0 Å². The highest BCUT2D eigenvalue weighted by molar-refractivity contribution is 5.57. The number of nitriles is 1. The summed E-state index contributed by atoms with van der Waals surface area (Å²) in [7, 11) is 1.85. The van der Waals surface area contributed by atoms with Crippen LogP contribution in [0, 0.1) is 18.3 Å². The smallest absolute Gasteiger partial charge is 0.140 e. The van der Waals surface area contributed by atoms with Gasteiger partial charge in [0.25, 0.3) is 0 Å². The molecular weight excluding hydrogens is 186 g/mol. The fraction of sp³-hybridized carbons (Fsp3) is 0.167. The van der Waals surface area contributed by atoms with Crippen LogP contribution in [0.2, 0.25) is 0 Å². The van der Waals surface area contributed by atoms with E-state index in [2.05, 4.69) is 11.1 Å². The van der Waals surface area contributed by atoms with Gasteiger partial charge in [-0.05, 0) is 6.92 Å². The Morgan fingerprint density at radius 1 is 1.27 bits per heavy atom. The highest BCUT2D eigenvalue weighted by Gasteiger charge is 2.07. The molecule has 1 aromatic carbocycles. The molecule has 1 aromatic heterocycles. The average molecular weight is 197 g/mol. The number of rotatable bonds is 1. The SMILES string of the molecule is Cc1ccc(-c2ncc(C#N)n2C)cc1. The minimum absolute atomic E-state index is 0.575. The van der Waals surface area contributed by atoms with Crippen molar-refractivity contribution in [3.05, 3.63) is 41.7 Å². The molecule has 0 radical (unpaired) electrons. The molecule has 0 aliphatic carbocycles. The third-order valence-electron chi connectivity index (χ3n) is 2.41. The van der Waals surface area contributed by atoms with Gasteiger partial charge in [0.15, 0.2) is 0 Å². The lowest BCUT2D eigenvalue weighted by Gasteiger charge is -2.02. The van der Waals surface area contributed by atoms with E-state index in [-0.39, 0.29) is 0 Å². The second-order valence-corrected chi connectivity index (χ2v) is 3.50. The van der Waals surface area contributed by atoms with Gasteiger partial charge in [-0.3, -0.25) is 0 Å². The number of hydrogen-bond donors (Lipinski definition) is 0. The van der Waals surface area contributed by atoms with Crippen LogP contribution in [-0.2, 0) is 7.05 Å². The van der Waals surface area contributed by atoms with E-state index in [1.807, 2.05) is 38.2 Å². The molecule has 0 fully saturated rings. The highest BCUT2D eigenvalue weighted by Crippen LogP contribution is 2.18. The molecule has 15 heavy (non-hydrogen) atoms. The van der Waals surface area contributed by atoms with Gasteiger partial charge in [0.05, 0.1) is 6.20 Å². The second kappa shape index (κ2) is 3.58. The number of aryl methyl sites for hydroxylation is 1. The first-order valence-corrected chi connectivity index (χ1v) is 4.71. The summed E-state index contributed by atoms with van der Waals surface area (Å²) in [4.78, 5) is 4.23. The zero-order valence-corrected chi connectivity index (χ0v) is 8.73. The molecule has 0 spiro atoms. The Hall–Kier alpha value is -2.08. The standard InChI is InChI=1S/C12H11N3/c1-9-3-5-10(6-4-9)12-14-8-11(7-13)15(12)2/h3-6,8H,1-2H3. The number of benzene rings is 1. The molecule has 0 aliphatic heterocycles. The molecule has 3 nitrogen and oxygen atoms in total. The number of nitrogens with zero attached hydrogens (tertiary/aromatic N) is 3. The van der Waals surface area contributed by atoms with Gasteiger partial charge in [-0.2, -0.15) is 5.26 Å². The van der Waals surface area contributed by atoms with E-state index >= 15 is 0 Å². The zero-order valence-electron chi connectivity index (χ0n) is 8.73. The van der Waals surface area contributed by atoms with Gasteiger partial charge in [0, 0.05) is 12.6 Å². The number of hydrogen-bond acceptors (Lipinski definition) is 2. The Morgan fingerprint density at radius 3 is 2.47 bits per heavy atom. The Balaban J connectivity index is 2.51. The van der Waals surface area contributed by atoms with Crippen molar-refractivity contribution in [2.75, 3.05) is 0 Å². The van der Waals surface area contributed by atoms with Crippen LogP contribution in [-0.4, -0.2) is 9.55 Å². The maximum atomic E-state index is 8.81. The van der Waals surface area contributed by atoms with E-state index in [4.69, 9.17) is 5.26 Å². The van der Waals surface area contributed by atoms with Crippen molar-refractivity contribution in [2.45, 2.75) is 6.92 Å². The lowest BCUT2D eigenvalue weighted by Crippen LogP contribution is -1.95. The van der Waals surface area contributed by atoms with Gasteiger partial charge >= 0.3 is 0 Å². The largest absolute Gasteiger partial charge is 0.319 e. The van der Waals surface area contributed by atoms with Gasteiger partial charge in [-0.1, -0.05) is 29.8 Å². The summed E-state index contributed by atoms with van der Waals surface area (Å²) in [6.07, 6.45) is 1.59. The summed E-state index contributed by atoms with van der Waals surface area (Å²) in [6, 6.07) is 10.2. The van der Waals surface area contributed by atoms with Gasteiger partial charge in [0.2, 0.25) is 0 Å². The summed E-state index contributed by atoms with van der Waals surface area (Å²) in [5.74, 6) is 0.826. The summed E-state index contributed by atoms with van der Waals surface area (Å²) in [5, 5.41) is 8.81. The minimum Gasteiger partial charge on any atom is -0.319 e. The summed E-state index contributed by atoms with van der Waals surface area (Å²) >= 11 is 0. The van der Waals surface area contributed by atoms with Crippen LogP contribution in [0.25, 0.3) is 11.4 Å². The molecule has 74 valence electrons. The molecule has 0 unspecified atom stereocenters. The fourth-order valence-corrected chi connectivity index (χ4v) is 1.48. The van der Waals surface area contributed by atoms with Crippen molar-refractivity contribution in [2.24, 2.45) is 7.05 Å². The van der Waals surface area contributed by atoms with Gasteiger partial charge in [0.1, 0.15) is 17.6 Å². The van der Waals surface area contributed by atoms with E-state index < -0.39 is 0 Å². The van der Waals surface area contributed by atoms with Crippen molar-refractivity contribution in [3.8, 4) is 17.5 Å². The molecule has 1 heterocycles. The predicted octanol–water partition coefficient (Wildman–Crippen LogP) is 2.27. The number of imidazole rings is 1. The molecule has 0 aliphatic rings. The normalized spacial score (nSPS) is 9.93. The van der Waals surface area contributed by atoms with Crippen LogP contribution < -0.4 is 0 Å². The minimum atomic E-state index is 0.575. The van der Waals surface area contributed by atoms with Crippen LogP contribution in [0.4, 0.5) is 0 Å². The summed E-state index contributed by atoms with van der Waals surface area (Å²) in [6.45, 7) is 2.04. The Bertz CT molecular complexity index is 515. The van der Waals surface area contributed by atoms with Crippen molar-refractivity contribution in [1.29, 1.82) is 5.26 Å². The van der Waals surface area contributed by atoms with Crippen molar-refractivity contribution in [1.82, 2.24) is 9.55 Å². The average Bonchev–Trinajstić information content (AvgIpc) is 2.61. The molecule has 3 heteroatoms. The van der Waals surface area contributed by atoms with Gasteiger partial charge in [-0.25, -0.2) is 4.98 Å². The van der Waals surface area contributed by atoms with E-state index in [1.54, 1.807) is 10.8 Å². The van der Waals surface area contributed by atoms with Gasteiger partial charge < -0.3 is 4.57 Å². The molecule has 2 rings (SSSR count). The predicted molar refractivity (Wildman–Crippen MR) is 58.1 cm³/mol. The van der Waals surface area contributed by atoms with Crippen molar-refractivity contribution in [3.63, 3.8) is 0 Å². The molecule has 0 bridgehead atoms. The molecule has 0 amide bonds. The number of aromatic nitrogens is 2. The molecule has 2 aromatic rings. The molecular formula is C12H11N3. The van der Waals surface area contributed by atoms with E-state index in [1.165, 1.54) is 5.56 Å². The first-order chi connectivity index (χ1) is 7.22. The third-order valence-corrected chi connectivity index (χ3v) is 2.41. The monoisotopic (exact) mass is 197 g/mol. The third kappa shape index (κ3) is 1.62. The topological polar surface area (TPSA) is 41.6 Å². The van der Waals surface area contributed by atoms with Crippen molar-refractivity contribution >= 4 is 0 Å². The quantitative estimate of drug-likeness (QED) is 0.703. The zero-order chi connectivity index (χ0) is 10.8. The maximum Gasteiger partial charge on any atom is 0.140 e. The maximum absolute atomic E-state index is 8.81. The lowest BCUT2D eigenvalue weighted by atomic mass is 10.1. The van der Waals surface area contributed by atoms with E-state index in [0.29, 0.717) is 5.69 Å². The summed E-state index contributed by atoms with van der Waals surface area (Å²) in [5.41, 5.74) is 2.82. The second-order valence-electron chi connectivity index (χ2n) is 3.50. The summed E-state index contributed by atoms with van der Waals surface area (Å²) < 4.78 is 1.80. The van der Waals surface area contributed by atoms with Crippen molar-refractivity contribution < 1.29 is 0 Å². The molecule has 0 atom stereocenters. The Morgan fingerprint density at radius 2 is 1.93 bits per heavy atom. The highest BCUT2D eigenvalue weighted by atomic mass is 15.1. The van der Waals surface area contributed by atoms with Crippen LogP contribution in [0.3, 0.4) is 0 Å². The first kappa shape index (κ1) is 9.47. The molecule has 0 saturated heterocycles. The van der Waals surface area contributed by atoms with E-state index in [0.717, 1.165) is 11.4 Å². The lowest BCUT2D eigenvalue weighted by molar-refractivity contribution is 0.907.